The van der Waals surface area contributed by atoms with E-state index in [0.717, 1.165) is 15.3 Å². The van der Waals surface area contributed by atoms with Crippen LogP contribution in [0.15, 0.2) is 21.8 Å². The Bertz CT molecular complexity index is 342. The third kappa shape index (κ3) is 1.47. The third-order valence-electron chi connectivity index (χ3n) is 1.44. The number of rotatable bonds is 0. The lowest BCUT2D eigenvalue weighted by atomic mass is 10.4. The predicted molar refractivity (Wildman–Crippen MR) is 51.3 cm³/mol. The maximum atomic E-state index is 10.9. The minimum atomic E-state index is 0.0385. The average molecular weight is 245 g/mol. The second-order valence-electron chi connectivity index (χ2n) is 2.32. The molecule has 0 saturated carbocycles. The number of hydrogen-bond donors (Lipinski definition) is 1. The summed E-state index contributed by atoms with van der Waals surface area (Å²) in [4.78, 5) is 15.2. The van der Waals surface area contributed by atoms with Crippen LogP contribution in [0.4, 0.5) is 5.69 Å². The fraction of sp³-hybridized carbons (Fsp3) is 0.143. The molecule has 1 N–H and O–H groups in total. The predicted octanol–water partition coefficient (Wildman–Crippen LogP) is 1.89. The Morgan fingerprint density at radius 3 is 3.25 bits per heavy atom. The van der Waals surface area contributed by atoms with Crippen molar-refractivity contribution in [2.45, 2.75) is 5.03 Å². The highest BCUT2D eigenvalue weighted by atomic mass is 79.9. The van der Waals surface area contributed by atoms with E-state index in [2.05, 4.69) is 26.2 Å². The summed E-state index contributed by atoms with van der Waals surface area (Å²) in [7, 11) is 0. The zero-order valence-corrected chi connectivity index (χ0v) is 8.41. The van der Waals surface area contributed by atoms with Crippen molar-refractivity contribution in [1.82, 2.24) is 4.98 Å². The second kappa shape index (κ2) is 3.06. The molecule has 5 heteroatoms. The van der Waals surface area contributed by atoms with Gasteiger partial charge in [0.1, 0.15) is 9.63 Å². The normalized spacial score (nSPS) is 15.2. The molecule has 1 amide bonds. The number of nitrogens with zero attached hydrogens (tertiary/aromatic N) is 1. The van der Waals surface area contributed by atoms with Gasteiger partial charge < -0.3 is 5.32 Å². The van der Waals surface area contributed by atoms with Gasteiger partial charge in [0.25, 0.3) is 0 Å². The molecule has 1 aromatic rings. The number of carbonyl (C=O) groups excluding carboxylic acids is 1. The van der Waals surface area contributed by atoms with Gasteiger partial charge in [-0.3, -0.25) is 4.79 Å². The molecule has 0 aliphatic carbocycles. The third-order valence-corrected chi connectivity index (χ3v) is 2.87. The van der Waals surface area contributed by atoms with Crippen molar-refractivity contribution in [2.75, 3.05) is 11.1 Å². The van der Waals surface area contributed by atoms with E-state index >= 15 is 0 Å². The molecule has 0 fully saturated rings. The van der Waals surface area contributed by atoms with E-state index in [-0.39, 0.29) is 5.91 Å². The van der Waals surface area contributed by atoms with E-state index in [9.17, 15) is 4.79 Å². The zero-order valence-electron chi connectivity index (χ0n) is 6.00. The largest absolute Gasteiger partial charge is 0.323 e. The second-order valence-corrected chi connectivity index (χ2v) is 4.10. The lowest BCUT2D eigenvalue weighted by Crippen LogP contribution is -2.19. The van der Waals surface area contributed by atoms with Crippen LogP contribution in [-0.4, -0.2) is 16.6 Å². The van der Waals surface area contributed by atoms with Crippen molar-refractivity contribution in [3.8, 4) is 0 Å². The average Bonchev–Trinajstić information content (AvgIpc) is 2.05. The molecular formula is C7H5BrN2OS. The Morgan fingerprint density at radius 1 is 1.58 bits per heavy atom. The van der Waals surface area contributed by atoms with E-state index in [1.807, 2.05) is 12.1 Å². The van der Waals surface area contributed by atoms with Crippen LogP contribution in [0.2, 0.25) is 0 Å². The molecule has 1 aliphatic rings. The molecule has 0 bridgehead atoms. The van der Waals surface area contributed by atoms with E-state index in [1.165, 1.54) is 11.8 Å². The number of thioether (sulfide) groups is 1. The van der Waals surface area contributed by atoms with Gasteiger partial charge in [0.05, 0.1) is 11.4 Å². The van der Waals surface area contributed by atoms with E-state index in [1.54, 1.807) is 0 Å². The van der Waals surface area contributed by atoms with Gasteiger partial charge in [-0.25, -0.2) is 4.98 Å². The van der Waals surface area contributed by atoms with Crippen LogP contribution in [0.25, 0.3) is 0 Å². The summed E-state index contributed by atoms with van der Waals surface area (Å²) in [5.74, 6) is 0.493. The lowest BCUT2D eigenvalue weighted by molar-refractivity contribution is -0.113. The van der Waals surface area contributed by atoms with Crippen molar-refractivity contribution in [3.63, 3.8) is 0 Å². The first-order chi connectivity index (χ1) is 5.75. The monoisotopic (exact) mass is 244 g/mol. The highest BCUT2D eigenvalue weighted by Gasteiger charge is 2.15. The molecule has 2 heterocycles. The number of halogens is 1. The van der Waals surface area contributed by atoms with Crippen molar-refractivity contribution in [1.29, 1.82) is 0 Å². The maximum Gasteiger partial charge on any atom is 0.234 e. The maximum absolute atomic E-state index is 10.9. The van der Waals surface area contributed by atoms with E-state index in [4.69, 9.17) is 0 Å². The minimum Gasteiger partial charge on any atom is -0.323 e. The molecule has 0 spiro atoms. The van der Waals surface area contributed by atoms with Gasteiger partial charge in [0.15, 0.2) is 0 Å². The first kappa shape index (κ1) is 8.07. The Labute approximate surface area is 82.1 Å². The van der Waals surface area contributed by atoms with E-state index in [0.29, 0.717) is 5.75 Å². The molecule has 1 aliphatic heterocycles. The Hall–Kier alpha value is -0.550. The standard InChI is InChI=1S/C7H5BrN2OS/c8-5-2-1-4-7(10-5)12-3-6(11)9-4/h1-2H,3H2,(H,9,11). The van der Waals surface area contributed by atoms with Crippen LogP contribution in [0.1, 0.15) is 0 Å². The van der Waals surface area contributed by atoms with Crippen LogP contribution in [0.3, 0.4) is 0 Å². The number of nitrogens with one attached hydrogen (secondary N) is 1. The topological polar surface area (TPSA) is 42.0 Å². The number of anilines is 1. The van der Waals surface area contributed by atoms with Gasteiger partial charge in [0, 0.05) is 0 Å². The highest BCUT2D eigenvalue weighted by Crippen LogP contribution is 2.30. The molecule has 12 heavy (non-hydrogen) atoms. The number of pyridine rings is 1. The van der Waals surface area contributed by atoms with Gasteiger partial charge in [0.2, 0.25) is 5.91 Å². The number of amides is 1. The summed E-state index contributed by atoms with van der Waals surface area (Å²) in [6.45, 7) is 0. The van der Waals surface area contributed by atoms with Crippen LogP contribution in [-0.2, 0) is 4.79 Å². The summed E-state index contributed by atoms with van der Waals surface area (Å²) in [6, 6.07) is 3.65. The summed E-state index contributed by atoms with van der Waals surface area (Å²) >= 11 is 4.73. The van der Waals surface area contributed by atoms with Crippen LogP contribution < -0.4 is 5.32 Å². The van der Waals surface area contributed by atoms with Crippen molar-refractivity contribution in [3.05, 3.63) is 16.7 Å². The molecule has 62 valence electrons. The Balaban J connectivity index is 2.43. The molecule has 3 nitrogen and oxygen atoms in total. The van der Waals surface area contributed by atoms with Gasteiger partial charge in [-0.2, -0.15) is 0 Å². The molecule has 2 rings (SSSR count). The van der Waals surface area contributed by atoms with Gasteiger partial charge in [-0.1, -0.05) is 11.8 Å². The van der Waals surface area contributed by atoms with Crippen LogP contribution in [0.5, 0.6) is 0 Å². The van der Waals surface area contributed by atoms with Crippen LogP contribution in [0, 0.1) is 0 Å². The molecular weight excluding hydrogens is 240 g/mol. The summed E-state index contributed by atoms with van der Waals surface area (Å²) < 4.78 is 0.796. The summed E-state index contributed by atoms with van der Waals surface area (Å²) in [6.07, 6.45) is 0. The number of aromatic nitrogens is 1. The molecule has 0 aromatic carbocycles. The molecule has 0 radical (unpaired) electrons. The molecule has 0 saturated heterocycles. The lowest BCUT2D eigenvalue weighted by Gasteiger charge is -2.14. The first-order valence-electron chi connectivity index (χ1n) is 3.35. The summed E-state index contributed by atoms with van der Waals surface area (Å²) in [5.41, 5.74) is 0.805. The number of hydrogen-bond acceptors (Lipinski definition) is 3. The smallest absolute Gasteiger partial charge is 0.234 e. The molecule has 0 atom stereocenters. The fourth-order valence-corrected chi connectivity index (χ4v) is 2.15. The molecule has 0 unspecified atom stereocenters. The van der Waals surface area contributed by atoms with Crippen molar-refractivity contribution in [2.24, 2.45) is 0 Å². The quantitative estimate of drug-likeness (QED) is 0.709. The Morgan fingerprint density at radius 2 is 2.42 bits per heavy atom. The van der Waals surface area contributed by atoms with E-state index < -0.39 is 0 Å². The highest BCUT2D eigenvalue weighted by molar-refractivity contribution is 9.10. The Kier molecular flexibility index (Phi) is 2.06. The molecule has 1 aromatic heterocycles. The van der Waals surface area contributed by atoms with Gasteiger partial charge in [-0.05, 0) is 28.1 Å². The fourth-order valence-electron chi connectivity index (χ4n) is 0.943. The van der Waals surface area contributed by atoms with Crippen molar-refractivity contribution < 1.29 is 4.79 Å². The summed E-state index contributed by atoms with van der Waals surface area (Å²) in [5, 5.41) is 3.62. The SMILES string of the molecule is O=C1CSc2nc(Br)ccc2N1. The van der Waals surface area contributed by atoms with Gasteiger partial charge >= 0.3 is 0 Å². The zero-order chi connectivity index (χ0) is 8.55. The number of fused-ring (bicyclic) bond motifs is 1. The van der Waals surface area contributed by atoms with Crippen molar-refractivity contribution >= 4 is 39.3 Å². The minimum absolute atomic E-state index is 0.0385. The first-order valence-corrected chi connectivity index (χ1v) is 5.13. The number of carbonyl (C=O) groups is 1. The van der Waals surface area contributed by atoms with Crippen LogP contribution >= 0.6 is 27.7 Å². The van der Waals surface area contributed by atoms with Gasteiger partial charge in [-0.15, -0.1) is 0 Å².